The first kappa shape index (κ1) is 14.7. The predicted octanol–water partition coefficient (Wildman–Crippen LogP) is 0.934. The molecule has 0 spiro atoms. The van der Waals surface area contributed by atoms with Crippen LogP contribution >= 0.6 is 11.6 Å². The number of anilines is 1. The molecular weight excluding hydrogens is 304 g/mol. The van der Waals surface area contributed by atoms with Crippen molar-refractivity contribution in [1.29, 1.82) is 0 Å². The van der Waals surface area contributed by atoms with Gasteiger partial charge >= 0.3 is 0 Å². The summed E-state index contributed by atoms with van der Waals surface area (Å²) in [6.07, 6.45) is 2.54. The summed E-state index contributed by atoms with van der Waals surface area (Å²) < 4.78 is 26.9. The van der Waals surface area contributed by atoms with Crippen molar-refractivity contribution < 1.29 is 8.42 Å². The summed E-state index contributed by atoms with van der Waals surface area (Å²) in [5.41, 5.74) is 0. The molecule has 2 aromatic rings. The second kappa shape index (κ2) is 5.73. The Morgan fingerprint density at radius 1 is 1.40 bits per heavy atom. The van der Waals surface area contributed by atoms with Crippen molar-refractivity contribution >= 4 is 27.4 Å². The second-order valence-electron chi connectivity index (χ2n) is 3.97. The van der Waals surface area contributed by atoms with Crippen molar-refractivity contribution in [1.82, 2.24) is 24.9 Å². The van der Waals surface area contributed by atoms with Crippen LogP contribution in [0.3, 0.4) is 0 Å². The van der Waals surface area contributed by atoms with Crippen LogP contribution in [-0.4, -0.2) is 35.6 Å². The number of nitrogens with one attached hydrogen (secondary N) is 3. The zero-order chi connectivity index (χ0) is 14.8. The third-order valence-corrected chi connectivity index (χ3v) is 4.33. The van der Waals surface area contributed by atoms with Crippen molar-refractivity contribution in [2.45, 2.75) is 17.9 Å². The molecule has 0 radical (unpaired) electrons. The van der Waals surface area contributed by atoms with Gasteiger partial charge in [-0.25, -0.2) is 23.1 Å². The molecular formula is C10H13ClN6O2S. The summed E-state index contributed by atoms with van der Waals surface area (Å²) in [7, 11) is -2.10. The lowest BCUT2D eigenvalue weighted by atomic mass is 10.3. The van der Waals surface area contributed by atoms with Crippen LogP contribution in [0.5, 0.6) is 0 Å². The molecule has 0 fully saturated rings. The van der Waals surface area contributed by atoms with Gasteiger partial charge < -0.3 is 5.32 Å². The number of hydrogen-bond donors (Lipinski definition) is 3. The van der Waals surface area contributed by atoms with Gasteiger partial charge in [-0.05, 0) is 13.0 Å². The van der Waals surface area contributed by atoms with Gasteiger partial charge in [0.05, 0.1) is 11.1 Å². The molecule has 1 atom stereocenters. The van der Waals surface area contributed by atoms with E-state index in [1.165, 1.54) is 18.6 Å². The number of H-pyrrole nitrogens is 1. The Bertz CT molecular complexity index is 688. The maximum atomic E-state index is 12.2. The Labute approximate surface area is 121 Å². The van der Waals surface area contributed by atoms with E-state index in [1.807, 2.05) is 0 Å². The van der Waals surface area contributed by atoms with E-state index in [0.717, 1.165) is 0 Å². The molecule has 0 aromatic carbocycles. The first-order valence-electron chi connectivity index (χ1n) is 5.65. The van der Waals surface area contributed by atoms with Crippen LogP contribution in [0.2, 0.25) is 5.02 Å². The summed E-state index contributed by atoms with van der Waals surface area (Å²) >= 11 is 5.93. The molecule has 3 N–H and O–H groups in total. The zero-order valence-electron chi connectivity index (χ0n) is 10.8. The highest BCUT2D eigenvalue weighted by Crippen LogP contribution is 2.22. The SMILES string of the molecule is CNc1ncc(S(=O)(=O)NC(C)c2ncn[nH]2)cc1Cl. The van der Waals surface area contributed by atoms with E-state index in [1.54, 1.807) is 14.0 Å². The summed E-state index contributed by atoms with van der Waals surface area (Å²) in [6, 6.07) is 0.779. The molecule has 0 aliphatic rings. The Morgan fingerprint density at radius 3 is 2.70 bits per heavy atom. The average Bonchev–Trinajstić information content (AvgIpc) is 2.92. The van der Waals surface area contributed by atoms with Gasteiger partial charge in [0.25, 0.3) is 0 Å². The quantitative estimate of drug-likeness (QED) is 0.756. The Kier molecular flexibility index (Phi) is 4.21. The summed E-state index contributed by atoms with van der Waals surface area (Å²) in [6.45, 7) is 1.65. The van der Waals surface area contributed by atoms with Crippen LogP contribution in [-0.2, 0) is 10.0 Å². The molecule has 0 aliphatic heterocycles. The molecule has 8 nitrogen and oxygen atoms in total. The monoisotopic (exact) mass is 316 g/mol. The number of aromatic nitrogens is 4. The maximum Gasteiger partial charge on any atom is 0.242 e. The lowest BCUT2D eigenvalue weighted by Gasteiger charge is -2.12. The van der Waals surface area contributed by atoms with Crippen molar-refractivity contribution in [2.75, 3.05) is 12.4 Å². The number of sulfonamides is 1. The van der Waals surface area contributed by atoms with E-state index in [0.29, 0.717) is 11.6 Å². The van der Waals surface area contributed by atoms with Gasteiger partial charge in [0, 0.05) is 13.2 Å². The van der Waals surface area contributed by atoms with Gasteiger partial charge in [-0.15, -0.1) is 0 Å². The fourth-order valence-electron chi connectivity index (χ4n) is 1.53. The topological polar surface area (TPSA) is 113 Å². The van der Waals surface area contributed by atoms with Crippen LogP contribution in [0.1, 0.15) is 18.8 Å². The third kappa shape index (κ3) is 3.06. The van der Waals surface area contributed by atoms with Crippen molar-refractivity contribution in [3.05, 3.63) is 29.4 Å². The molecule has 2 aromatic heterocycles. The number of hydrogen-bond acceptors (Lipinski definition) is 6. The average molecular weight is 317 g/mol. The molecule has 2 rings (SSSR count). The molecule has 10 heteroatoms. The number of nitrogens with zero attached hydrogens (tertiary/aromatic N) is 3. The number of halogens is 1. The standard InChI is InChI=1S/C10H13ClN6O2S/c1-6(9-14-5-15-16-9)17-20(18,19)7-3-8(11)10(12-2)13-4-7/h3-6,17H,1-2H3,(H,12,13)(H,14,15,16). The number of rotatable bonds is 5. The fraction of sp³-hybridized carbons (Fsp3) is 0.300. The van der Waals surface area contributed by atoms with Gasteiger partial charge in [0.1, 0.15) is 22.9 Å². The van der Waals surface area contributed by atoms with E-state index in [-0.39, 0.29) is 9.92 Å². The summed E-state index contributed by atoms with van der Waals surface area (Å²) in [4.78, 5) is 7.81. The van der Waals surface area contributed by atoms with Crippen LogP contribution in [0, 0.1) is 0 Å². The number of aromatic amines is 1. The molecule has 2 heterocycles. The minimum atomic E-state index is -3.75. The van der Waals surface area contributed by atoms with Gasteiger partial charge in [-0.1, -0.05) is 11.6 Å². The van der Waals surface area contributed by atoms with E-state index in [2.05, 4.69) is 30.2 Å². The van der Waals surface area contributed by atoms with Crippen LogP contribution in [0.15, 0.2) is 23.5 Å². The van der Waals surface area contributed by atoms with E-state index in [9.17, 15) is 8.42 Å². The van der Waals surface area contributed by atoms with Gasteiger partial charge in [0.2, 0.25) is 10.0 Å². The largest absolute Gasteiger partial charge is 0.372 e. The van der Waals surface area contributed by atoms with Crippen LogP contribution in [0.25, 0.3) is 0 Å². The summed E-state index contributed by atoms with van der Waals surface area (Å²) in [5.74, 6) is 0.827. The van der Waals surface area contributed by atoms with Crippen molar-refractivity contribution in [3.63, 3.8) is 0 Å². The molecule has 0 saturated heterocycles. The van der Waals surface area contributed by atoms with Gasteiger partial charge in [0.15, 0.2) is 0 Å². The van der Waals surface area contributed by atoms with Crippen molar-refractivity contribution in [2.24, 2.45) is 0 Å². The summed E-state index contributed by atoms with van der Waals surface area (Å²) in [5, 5.41) is 9.25. The molecule has 0 amide bonds. The van der Waals surface area contributed by atoms with E-state index in [4.69, 9.17) is 11.6 Å². The highest BCUT2D eigenvalue weighted by molar-refractivity contribution is 7.89. The predicted molar refractivity (Wildman–Crippen MR) is 73.9 cm³/mol. The maximum absolute atomic E-state index is 12.2. The zero-order valence-corrected chi connectivity index (χ0v) is 12.3. The fourth-order valence-corrected chi connectivity index (χ4v) is 3.03. The Morgan fingerprint density at radius 2 is 2.15 bits per heavy atom. The first-order chi connectivity index (χ1) is 9.44. The molecule has 0 saturated carbocycles. The minimum Gasteiger partial charge on any atom is -0.372 e. The molecule has 108 valence electrons. The van der Waals surface area contributed by atoms with Crippen molar-refractivity contribution in [3.8, 4) is 0 Å². The molecule has 1 unspecified atom stereocenters. The Hall–Kier alpha value is -1.71. The van der Waals surface area contributed by atoms with Gasteiger partial charge in [-0.2, -0.15) is 5.10 Å². The molecule has 20 heavy (non-hydrogen) atoms. The van der Waals surface area contributed by atoms with E-state index < -0.39 is 16.1 Å². The highest BCUT2D eigenvalue weighted by atomic mass is 35.5. The lowest BCUT2D eigenvalue weighted by Crippen LogP contribution is -2.27. The second-order valence-corrected chi connectivity index (χ2v) is 6.09. The van der Waals surface area contributed by atoms with Crippen LogP contribution < -0.4 is 10.0 Å². The van der Waals surface area contributed by atoms with Crippen LogP contribution in [0.4, 0.5) is 5.82 Å². The smallest absolute Gasteiger partial charge is 0.242 e. The minimum absolute atomic E-state index is 0.0205. The lowest BCUT2D eigenvalue weighted by molar-refractivity contribution is 0.560. The Balaban J connectivity index is 2.24. The third-order valence-electron chi connectivity index (χ3n) is 2.54. The normalized spacial score (nSPS) is 13.2. The van der Waals surface area contributed by atoms with E-state index >= 15 is 0 Å². The number of pyridine rings is 1. The molecule has 0 aliphatic carbocycles. The highest BCUT2D eigenvalue weighted by Gasteiger charge is 2.21. The van der Waals surface area contributed by atoms with Gasteiger partial charge in [-0.3, -0.25) is 5.10 Å². The molecule has 0 bridgehead atoms. The first-order valence-corrected chi connectivity index (χ1v) is 7.51.